The fourth-order valence-corrected chi connectivity index (χ4v) is 4.60. The summed E-state index contributed by atoms with van der Waals surface area (Å²) in [6.45, 7) is 3.79. The standard InChI is InChI=1S/C28H30N2O3/c31-28(29-18-21-10-12-23(13-11-21)22-6-2-1-3-7-22)24-14-16-30(17-15-24)19-25-20-32-26-8-4-5-9-27(26)33-25/h1-13,24-25H,14-20H2,(H,29,31). The average molecular weight is 443 g/mol. The van der Waals surface area contributed by atoms with Crippen molar-refractivity contribution in [3.63, 3.8) is 0 Å². The molecular formula is C28H30N2O3. The highest BCUT2D eigenvalue weighted by Crippen LogP contribution is 2.31. The molecule has 5 rings (SSSR count). The number of piperidine rings is 1. The zero-order valence-electron chi connectivity index (χ0n) is 18.8. The van der Waals surface area contributed by atoms with Crippen LogP contribution in [0.4, 0.5) is 0 Å². The van der Waals surface area contributed by atoms with Crippen molar-refractivity contribution in [3.8, 4) is 22.6 Å². The van der Waals surface area contributed by atoms with Gasteiger partial charge < -0.3 is 14.8 Å². The smallest absolute Gasteiger partial charge is 0.223 e. The van der Waals surface area contributed by atoms with Gasteiger partial charge >= 0.3 is 0 Å². The van der Waals surface area contributed by atoms with Crippen LogP contribution in [-0.4, -0.2) is 43.2 Å². The summed E-state index contributed by atoms with van der Waals surface area (Å²) in [4.78, 5) is 15.1. The van der Waals surface area contributed by atoms with E-state index in [1.807, 2.05) is 42.5 Å². The number of benzene rings is 3. The molecular weight excluding hydrogens is 412 g/mol. The average Bonchev–Trinajstić information content (AvgIpc) is 2.88. The van der Waals surface area contributed by atoms with E-state index in [1.165, 1.54) is 11.1 Å². The summed E-state index contributed by atoms with van der Waals surface area (Å²) in [6.07, 6.45) is 1.79. The SMILES string of the molecule is O=C(NCc1ccc(-c2ccccc2)cc1)C1CCN(CC2COc3ccccc3O2)CC1. The van der Waals surface area contributed by atoms with Crippen LogP contribution in [0.1, 0.15) is 18.4 Å². The van der Waals surface area contributed by atoms with E-state index in [9.17, 15) is 4.79 Å². The molecule has 0 spiro atoms. The third-order valence-corrected chi connectivity index (χ3v) is 6.52. The molecule has 2 aliphatic heterocycles. The zero-order chi connectivity index (χ0) is 22.5. The number of carbonyl (C=O) groups is 1. The first-order chi connectivity index (χ1) is 16.2. The van der Waals surface area contributed by atoms with Crippen LogP contribution < -0.4 is 14.8 Å². The van der Waals surface area contributed by atoms with E-state index in [2.05, 4.69) is 46.6 Å². The second-order valence-corrected chi connectivity index (χ2v) is 8.85. The number of para-hydroxylation sites is 2. The molecule has 1 unspecified atom stereocenters. The lowest BCUT2D eigenvalue weighted by atomic mass is 9.95. The number of carbonyl (C=O) groups excluding carboxylic acids is 1. The molecule has 1 atom stereocenters. The molecule has 5 nitrogen and oxygen atoms in total. The molecule has 1 amide bonds. The fraction of sp³-hybridized carbons (Fsp3) is 0.321. The summed E-state index contributed by atoms with van der Waals surface area (Å²) in [5, 5.41) is 3.13. The van der Waals surface area contributed by atoms with Crippen molar-refractivity contribution in [2.24, 2.45) is 5.92 Å². The summed E-state index contributed by atoms with van der Waals surface area (Å²) in [5.41, 5.74) is 3.51. The van der Waals surface area contributed by atoms with E-state index < -0.39 is 0 Å². The van der Waals surface area contributed by atoms with E-state index >= 15 is 0 Å². The topological polar surface area (TPSA) is 50.8 Å². The highest BCUT2D eigenvalue weighted by Gasteiger charge is 2.28. The first-order valence-electron chi connectivity index (χ1n) is 11.8. The van der Waals surface area contributed by atoms with Crippen LogP contribution in [0.3, 0.4) is 0 Å². The summed E-state index contributed by atoms with van der Waals surface area (Å²) < 4.78 is 11.9. The molecule has 5 heteroatoms. The Kier molecular flexibility index (Phi) is 6.58. The van der Waals surface area contributed by atoms with Gasteiger partial charge in [0.05, 0.1) is 0 Å². The molecule has 0 saturated carbocycles. The predicted molar refractivity (Wildman–Crippen MR) is 129 cm³/mol. The summed E-state index contributed by atoms with van der Waals surface area (Å²) in [5.74, 6) is 1.88. The van der Waals surface area contributed by atoms with Gasteiger partial charge in [0.25, 0.3) is 0 Å². The van der Waals surface area contributed by atoms with Crippen LogP contribution in [0.15, 0.2) is 78.9 Å². The molecule has 1 fully saturated rings. The molecule has 170 valence electrons. The quantitative estimate of drug-likeness (QED) is 0.610. The molecule has 1 saturated heterocycles. The highest BCUT2D eigenvalue weighted by molar-refractivity contribution is 5.78. The van der Waals surface area contributed by atoms with Gasteiger partial charge in [0.1, 0.15) is 12.7 Å². The Hall–Kier alpha value is -3.31. The van der Waals surface area contributed by atoms with Crippen molar-refractivity contribution in [1.82, 2.24) is 10.2 Å². The Labute approximate surface area is 195 Å². The van der Waals surface area contributed by atoms with Crippen LogP contribution in [0.25, 0.3) is 11.1 Å². The fourth-order valence-electron chi connectivity index (χ4n) is 4.60. The van der Waals surface area contributed by atoms with Crippen molar-refractivity contribution in [2.75, 3.05) is 26.2 Å². The molecule has 2 heterocycles. The van der Waals surface area contributed by atoms with Crippen LogP contribution in [0.2, 0.25) is 0 Å². The minimum Gasteiger partial charge on any atom is -0.486 e. The molecule has 3 aromatic rings. The minimum atomic E-state index is 0.0316. The number of hydrogen-bond acceptors (Lipinski definition) is 4. The maximum atomic E-state index is 12.7. The highest BCUT2D eigenvalue weighted by atomic mass is 16.6. The Bertz CT molecular complexity index is 1060. The third kappa shape index (κ3) is 5.37. The van der Waals surface area contributed by atoms with Gasteiger partial charge in [-0.1, -0.05) is 66.7 Å². The lowest BCUT2D eigenvalue weighted by molar-refractivity contribution is -0.126. The molecule has 2 aliphatic rings. The van der Waals surface area contributed by atoms with E-state index in [-0.39, 0.29) is 17.9 Å². The third-order valence-electron chi connectivity index (χ3n) is 6.52. The van der Waals surface area contributed by atoms with E-state index in [4.69, 9.17) is 9.47 Å². The molecule has 3 aromatic carbocycles. The predicted octanol–water partition coefficient (Wildman–Crippen LogP) is 4.52. The largest absolute Gasteiger partial charge is 0.486 e. The number of hydrogen-bond donors (Lipinski definition) is 1. The maximum Gasteiger partial charge on any atom is 0.223 e. The number of nitrogens with one attached hydrogen (secondary N) is 1. The van der Waals surface area contributed by atoms with Crippen molar-refractivity contribution < 1.29 is 14.3 Å². The minimum absolute atomic E-state index is 0.0316. The number of amides is 1. The van der Waals surface area contributed by atoms with E-state index in [0.717, 1.165) is 49.5 Å². The monoisotopic (exact) mass is 442 g/mol. The number of rotatable bonds is 6. The maximum absolute atomic E-state index is 12.7. The van der Waals surface area contributed by atoms with Crippen molar-refractivity contribution >= 4 is 5.91 Å². The number of fused-ring (bicyclic) bond motifs is 1. The molecule has 0 bridgehead atoms. The lowest BCUT2D eigenvalue weighted by Gasteiger charge is -2.35. The Morgan fingerprint density at radius 2 is 1.52 bits per heavy atom. The van der Waals surface area contributed by atoms with Gasteiger partial charge in [0, 0.05) is 19.0 Å². The van der Waals surface area contributed by atoms with Gasteiger partial charge in [0.15, 0.2) is 11.5 Å². The lowest BCUT2D eigenvalue weighted by Crippen LogP contribution is -2.46. The summed E-state index contributed by atoms with van der Waals surface area (Å²) >= 11 is 0. The first-order valence-corrected chi connectivity index (χ1v) is 11.8. The first kappa shape index (κ1) is 21.5. The van der Waals surface area contributed by atoms with Crippen LogP contribution in [-0.2, 0) is 11.3 Å². The van der Waals surface area contributed by atoms with Gasteiger partial charge in [-0.15, -0.1) is 0 Å². The second-order valence-electron chi connectivity index (χ2n) is 8.85. The van der Waals surface area contributed by atoms with Crippen LogP contribution >= 0.6 is 0 Å². The molecule has 1 N–H and O–H groups in total. The Balaban J connectivity index is 1.05. The number of ether oxygens (including phenoxy) is 2. The molecule has 0 aromatic heterocycles. The molecule has 0 radical (unpaired) electrons. The van der Waals surface area contributed by atoms with Gasteiger partial charge in [0.2, 0.25) is 5.91 Å². The number of likely N-dealkylation sites (tertiary alicyclic amines) is 1. The van der Waals surface area contributed by atoms with Gasteiger partial charge in [-0.05, 0) is 54.8 Å². The molecule has 0 aliphatic carbocycles. The van der Waals surface area contributed by atoms with E-state index in [0.29, 0.717) is 13.2 Å². The molecule has 33 heavy (non-hydrogen) atoms. The zero-order valence-corrected chi connectivity index (χ0v) is 18.8. The van der Waals surface area contributed by atoms with Crippen LogP contribution in [0, 0.1) is 5.92 Å². The van der Waals surface area contributed by atoms with Crippen molar-refractivity contribution in [3.05, 3.63) is 84.4 Å². The summed E-state index contributed by atoms with van der Waals surface area (Å²) in [7, 11) is 0. The van der Waals surface area contributed by atoms with E-state index in [1.54, 1.807) is 0 Å². The van der Waals surface area contributed by atoms with Crippen molar-refractivity contribution in [2.45, 2.75) is 25.5 Å². The second kappa shape index (κ2) is 10.1. The van der Waals surface area contributed by atoms with Gasteiger partial charge in [-0.2, -0.15) is 0 Å². The van der Waals surface area contributed by atoms with Gasteiger partial charge in [-0.3, -0.25) is 9.69 Å². The normalized spacial score (nSPS) is 18.6. The Morgan fingerprint density at radius 3 is 2.27 bits per heavy atom. The van der Waals surface area contributed by atoms with Gasteiger partial charge in [-0.25, -0.2) is 0 Å². The number of nitrogens with zero attached hydrogens (tertiary/aromatic N) is 1. The summed E-state index contributed by atoms with van der Waals surface area (Å²) in [6, 6.07) is 26.6. The Morgan fingerprint density at radius 1 is 0.848 bits per heavy atom. The van der Waals surface area contributed by atoms with Crippen LogP contribution in [0.5, 0.6) is 11.5 Å². The van der Waals surface area contributed by atoms with Crippen molar-refractivity contribution in [1.29, 1.82) is 0 Å².